The van der Waals surface area contributed by atoms with E-state index in [1.807, 2.05) is 6.92 Å². The Morgan fingerprint density at radius 1 is 1.12 bits per heavy atom. The molecule has 1 aromatic rings. The third kappa shape index (κ3) is 1.86. The van der Waals surface area contributed by atoms with Gasteiger partial charge in [-0.25, -0.2) is 4.90 Å². The van der Waals surface area contributed by atoms with Crippen LogP contribution in [0, 0.1) is 0 Å². The molecule has 0 saturated carbocycles. The van der Waals surface area contributed by atoms with Crippen LogP contribution in [0.5, 0.6) is 0 Å². The quantitative estimate of drug-likeness (QED) is 0.747. The summed E-state index contributed by atoms with van der Waals surface area (Å²) >= 11 is 0. The summed E-state index contributed by atoms with van der Waals surface area (Å²) in [7, 11) is 0. The second-order valence-electron chi connectivity index (χ2n) is 3.99. The highest BCUT2D eigenvalue weighted by atomic mass is 16.2. The van der Waals surface area contributed by atoms with Gasteiger partial charge in [-0.1, -0.05) is 25.5 Å². The number of nitrogens with zero attached hydrogens (tertiary/aromatic N) is 1. The largest absolute Gasteiger partial charge is 0.274 e. The second-order valence-corrected chi connectivity index (χ2v) is 3.99. The van der Waals surface area contributed by atoms with Crippen LogP contribution < -0.4 is 0 Å². The van der Waals surface area contributed by atoms with E-state index in [1.165, 1.54) is 0 Å². The van der Waals surface area contributed by atoms with Gasteiger partial charge in [-0.05, 0) is 18.6 Å². The minimum atomic E-state index is -0.494. The molecule has 0 aromatic heterocycles. The Kier molecular flexibility index (Phi) is 3.04. The van der Waals surface area contributed by atoms with Crippen molar-refractivity contribution in [3.63, 3.8) is 0 Å². The highest BCUT2D eigenvalue weighted by Gasteiger charge is 2.38. The van der Waals surface area contributed by atoms with Crippen molar-refractivity contribution in [2.24, 2.45) is 0 Å². The molecule has 2 rings (SSSR count). The van der Waals surface area contributed by atoms with E-state index in [1.54, 1.807) is 24.3 Å². The van der Waals surface area contributed by atoms with Gasteiger partial charge in [-0.2, -0.15) is 0 Å². The number of benzene rings is 1. The van der Waals surface area contributed by atoms with Crippen LogP contribution in [0.1, 0.15) is 46.9 Å². The molecule has 0 fully saturated rings. The molecule has 0 N–H and O–H groups in total. The molecule has 0 unspecified atom stereocenters. The molecule has 0 spiro atoms. The Balaban J connectivity index is 2.27. The zero-order valence-electron chi connectivity index (χ0n) is 9.60. The van der Waals surface area contributed by atoms with Crippen LogP contribution in [0.3, 0.4) is 0 Å². The van der Waals surface area contributed by atoms with E-state index < -0.39 is 17.7 Å². The number of imide groups is 3. The lowest BCUT2D eigenvalue weighted by Crippen LogP contribution is -2.35. The molecule has 1 aromatic carbocycles. The number of hydrogen-bond donors (Lipinski definition) is 0. The molecule has 1 heterocycles. The molecule has 88 valence electrons. The molecule has 0 radical (unpaired) electrons. The molecule has 4 heteroatoms. The van der Waals surface area contributed by atoms with Crippen molar-refractivity contribution in [3.8, 4) is 0 Å². The predicted molar refractivity (Wildman–Crippen MR) is 61.5 cm³/mol. The number of fused-ring (bicyclic) bond motifs is 1. The standard InChI is InChI=1S/C13H13NO3/c1-2-3-8-11(15)14-12(16)9-6-4-5-7-10(9)13(14)17/h4-7H,2-3,8H2,1H3. The van der Waals surface area contributed by atoms with E-state index in [4.69, 9.17) is 0 Å². The van der Waals surface area contributed by atoms with Gasteiger partial charge in [0.05, 0.1) is 11.1 Å². The van der Waals surface area contributed by atoms with Gasteiger partial charge in [0.15, 0.2) is 0 Å². The van der Waals surface area contributed by atoms with E-state index in [9.17, 15) is 14.4 Å². The van der Waals surface area contributed by atoms with Gasteiger partial charge >= 0.3 is 0 Å². The average molecular weight is 231 g/mol. The Bertz CT molecular complexity index is 458. The summed E-state index contributed by atoms with van der Waals surface area (Å²) in [4.78, 5) is 36.3. The Hall–Kier alpha value is -1.97. The lowest BCUT2D eigenvalue weighted by atomic mass is 10.1. The van der Waals surface area contributed by atoms with Crippen LogP contribution in [0.4, 0.5) is 0 Å². The molecule has 3 amide bonds. The Morgan fingerprint density at radius 3 is 2.12 bits per heavy atom. The van der Waals surface area contributed by atoms with E-state index in [0.29, 0.717) is 17.5 Å². The number of hydrogen-bond acceptors (Lipinski definition) is 3. The van der Waals surface area contributed by atoms with E-state index in [0.717, 1.165) is 11.3 Å². The minimum Gasteiger partial charge on any atom is -0.274 e. The van der Waals surface area contributed by atoms with Crippen LogP contribution in [-0.4, -0.2) is 22.6 Å². The topological polar surface area (TPSA) is 54.5 Å². The first-order valence-electron chi connectivity index (χ1n) is 5.67. The lowest BCUT2D eigenvalue weighted by Gasteiger charge is -2.10. The number of amides is 3. The van der Waals surface area contributed by atoms with Crippen molar-refractivity contribution in [1.82, 2.24) is 4.90 Å². The molecule has 1 aliphatic rings. The second kappa shape index (κ2) is 4.49. The summed E-state index contributed by atoms with van der Waals surface area (Å²) in [6.07, 6.45) is 1.78. The van der Waals surface area contributed by atoms with Crippen molar-refractivity contribution in [3.05, 3.63) is 35.4 Å². The van der Waals surface area contributed by atoms with Crippen LogP contribution in [0.2, 0.25) is 0 Å². The minimum absolute atomic E-state index is 0.238. The van der Waals surface area contributed by atoms with E-state index in [-0.39, 0.29) is 6.42 Å². The molecule has 4 nitrogen and oxygen atoms in total. The van der Waals surface area contributed by atoms with Gasteiger partial charge < -0.3 is 0 Å². The summed E-state index contributed by atoms with van der Waals surface area (Å²) in [6, 6.07) is 6.51. The van der Waals surface area contributed by atoms with Crippen molar-refractivity contribution in [2.45, 2.75) is 26.2 Å². The first-order chi connectivity index (χ1) is 8.16. The first kappa shape index (κ1) is 11.5. The van der Waals surface area contributed by atoms with Gasteiger partial charge in [-0.3, -0.25) is 14.4 Å². The Morgan fingerprint density at radius 2 is 1.65 bits per heavy atom. The summed E-state index contributed by atoms with van der Waals surface area (Å²) in [5, 5.41) is 0. The van der Waals surface area contributed by atoms with Crippen LogP contribution in [-0.2, 0) is 4.79 Å². The molecule has 0 bridgehead atoms. The average Bonchev–Trinajstić information content (AvgIpc) is 2.60. The summed E-state index contributed by atoms with van der Waals surface area (Å²) < 4.78 is 0. The van der Waals surface area contributed by atoms with Crippen molar-refractivity contribution in [2.75, 3.05) is 0 Å². The zero-order chi connectivity index (χ0) is 12.4. The molecule has 0 atom stereocenters. The number of carbonyl (C=O) groups excluding carboxylic acids is 3. The molecule has 17 heavy (non-hydrogen) atoms. The zero-order valence-corrected chi connectivity index (χ0v) is 9.60. The van der Waals surface area contributed by atoms with E-state index in [2.05, 4.69) is 0 Å². The van der Waals surface area contributed by atoms with Crippen LogP contribution in [0.15, 0.2) is 24.3 Å². The molecule has 0 saturated heterocycles. The number of carbonyl (C=O) groups is 3. The predicted octanol–water partition coefficient (Wildman–Crippen LogP) is 2.00. The van der Waals surface area contributed by atoms with Gasteiger partial charge in [-0.15, -0.1) is 0 Å². The maximum Gasteiger partial charge on any atom is 0.268 e. The lowest BCUT2D eigenvalue weighted by molar-refractivity contribution is -0.126. The van der Waals surface area contributed by atoms with Crippen molar-refractivity contribution in [1.29, 1.82) is 0 Å². The summed E-state index contributed by atoms with van der Waals surface area (Å²) in [6.45, 7) is 1.95. The third-order valence-electron chi connectivity index (χ3n) is 2.79. The van der Waals surface area contributed by atoms with Crippen LogP contribution in [0.25, 0.3) is 0 Å². The smallest absolute Gasteiger partial charge is 0.268 e. The third-order valence-corrected chi connectivity index (χ3v) is 2.79. The maximum atomic E-state index is 11.9. The van der Waals surface area contributed by atoms with Gasteiger partial charge in [0.25, 0.3) is 11.8 Å². The fourth-order valence-electron chi connectivity index (χ4n) is 1.86. The van der Waals surface area contributed by atoms with E-state index >= 15 is 0 Å². The fraction of sp³-hybridized carbons (Fsp3) is 0.308. The SMILES string of the molecule is CCCCC(=O)N1C(=O)c2ccccc2C1=O. The van der Waals surface area contributed by atoms with Crippen LogP contribution >= 0.6 is 0 Å². The Labute approximate surface area is 99.2 Å². The normalized spacial score (nSPS) is 14.1. The van der Waals surface area contributed by atoms with Gasteiger partial charge in [0.2, 0.25) is 5.91 Å². The first-order valence-corrected chi connectivity index (χ1v) is 5.67. The monoisotopic (exact) mass is 231 g/mol. The van der Waals surface area contributed by atoms with Gasteiger partial charge in [0.1, 0.15) is 0 Å². The molecule has 1 aliphatic heterocycles. The fourth-order valence-corrected chi connectivity index (χ4v) is 1.86. The number of unbranched alkanes of at least 4 members (excludes halogenated alkanes) is 1. The molecule has 0 aliphatic carbocycles. The highest BCUT2D eigenvalue weighted by molar-refractivity contribution is 6.28. The van der Waals surface area contributed by atoms with Crippen molar-refractivity contribution < 1.29 is 14.4 Å². The highest BCUT2D eigenvalue weighted by Crippen LogP contribution is 2.23. The van der Waals surface area contributed by atoms with Crippen molar-refractivity contribution >= 4 is 17.7 Å². The summed E-state index contributed by atoms with van der Waals surface area (Å²) in [5.74, 6) is -1.39. The molecular weight excluding hydrogens is 218 g/mol. The molecular formula is C13H13NO3. The summed E-state index contributed by atoms with van der Waals surface area (Å²) in [5.41, 5.74) is 0.643. The van der Waals surface area contributed by atoms with Gasteiger partial charge in [0, 0.05) is 6.42 Å². The number of rotatable bonds is 3. The maximum absolute atomic E-state index is 11.9.